The standard InChI is InChI=1S/C14H14BrClN2OS/c1-8(2)13-12(15)14(19)18-11(17-13)7-20-10-6-4-3-5-9(10)16/h3-6,8H,7H2,1-2H3,(H,17,18,19). The second-order valence-corrected chi connectivity index (χ2v) is 6.80. The minimum Gasteiger partial charge on any atom is -0.309 e. The van der Waals surface area contributed by atoms with Crippen molar-refractivity contribution in [3.8, 4) is 0 Å². The Balaban J connectivity index is 2.23. The molecule has 0 atom stereocenters. The maximum absolute atomic E-state index is 11.9. The highest BCUT2D eigenvalue weighted by Gasteiger charge is 2.12. The summed E-state index contributed by atoms with van der Waals surface area (Å²) in [6, 6.07) is 7.63. The summed E-state index contributed by atoms with van der Waals surface area (Å²) in [5, 5.41) is 0.709. The summed E-state index contributed by atoms with van der Waals surface area (Å²) in [6.07, 6.45) is 0. The summed E-state index contributed by atoms with van der Waals surface area (Å²) < 4.78 is 0.513. The highest BCUT2D eigenvalue weighted by molar-refractivity contribution is 9.10. The molecular formula is C14H14BrClN2OS. The molecule has 0 saturated carbocycles. The molecule has 0 amide bonds. The van der Waals surface area contributed by atoms with E-state index in [0.29, 0.717) is 21.1 Å². The Morgan fingerprint density at radius 2 is 2.10 bits per heavy atom. The molecule has 0 aliphatic carbocycles. The summed E-state index contributed by atoms with van der Waals surface area (Å²) in [5.41, 5.74) is 0.641. The molecular weight excluding hydrogens is 360 g/mol. The molecule has 0 saturated heterocycles. The van der Waals surface area contributed by atoms with E-state index in [1.807, 2.05) is 38.1 Å². The van der Waals surface area contributed by atoms with E-state index in [2.05, 4.69) is 25.9 Å². The van der Waals surface area contributed by atoms with E-state index < -0.39 is 0 Å². The van der Waals surface area contributed by atoms with Gasteiger partial charge in [0.05, 0.1) is 16.5 Å². The maximum atomic E-state index is 11.9. The van der Waals surface area contributed by atoms with Gasteiger partial charge in [-0.2, -0.15) is 0 Å². The first-order valence-electron chi connectivity index (χ1n) is 6.15. The number of halogens is 2. The Bertz CT molecular complexity index is 672. The van der Waals surface area contributed by atoms with Crippen molar-refractivity contribution >= 4 is 39.3 Å². The Hall–Kier alpha value is -0.780. The van der Waals surface area contributed by atoms with Crippen molar-refractivity contribution in [1.82, 2.24) is 9.97 Å². The topological polar surface area (TPSA) is 45.8 Å². The lowest BCUT2D eigenvalue weighted by Gasteiger charge is -2.09. The number of thioether (sulfide) groups is 1. The third-order valence-electron chi connectivity index (χ3n) is 2.69. The number of benzene rings is 1. The zero-order chi connectivity index (χ0) is 14.7. The van der Waals surface area contributed by atoms with Crippen molar-refractivity contribution in [3.63, 3.8) is 0 Å². The molecule has 6 heteroatoms. The van der Waals surface area contributed by atoms with E-state index in [1.165, 1.54) is 0 Å². The maximum Gasteiger partial charge on any atom is 0.265 e. The molecule has 20 heavy (non-hydrogen) atoms. The molecule has 1 aromatic carbocycles. The number of hydrogen-bond acceptors (Lipinski definition) is 3. The second-order valence-electron chi connectivity index (χ2n) is 4.59. The van der Waals surface area contributed by atoms with Crippen molar-refractivity contribution in [2.45, 2.75) is 30.4 Å². The number of aromatic amines is 1. The molecule has 0 fully saturated rings. The van der Waals surface area contributed by atoms with Crippen LogP contribution in [0.4, 0.5) is 0 Å². The number of rotatable bonds is 4. The normalized spacial score (nSPS) is 11.1. The van der Waals surface area contributed by atoms with E-state index in [9.17, 15) is 4.79 Å². The van der Waals surface area contributed by atoms with Crippen LogP contribution >= 0.6 is 39.3 Å². The van der Waals surface area contributed by atoms with E-state index >= 15 is 0 Å². The predicted molar refractivity (Wildman–Crippen MR) is 87.7 cm³/mol. The minimum absolute atomic E-state index is 0.140. The SMILES string of the molecule is CC(C)c1nc(CSc2ccccc2Cl)[nH]c(=O)c1Br. The lowest BCUT2D eigenvalue weighted by atomic mass is 10.1. The Morgan fingerprint density at radius 3 is 2.75 bits per heavy atom. The van der Waals surface area contributed by atoms with Gasteiger partial charge in [0.2, 0.25) is 0 Å². The molecule has 1 heterocycles. The number of hydrogen-bond donors (Lipinski definition) is 1. The van der Waals surface area contributed by atoms with E-state index in [4.69, 9.17) is 11.6 Å². The molecule has 3 nitrogen and oxygen atoms in total. The van der Waals surface area contributed by atoms with Gasteiger partial charge in [-0.3, -0.25) is 4.79 Å². The summed E-state index contributed by atoms with van der Waals surface area (Å²) in [4.78, 5) is 20.1. The van der Waals surface area contributed by atoms with Gasteiger partial charge >= 0.3 is 0 Å². The van der Waals surface area contributed by atoms with Gasteiger partial charge in [0.1, 0.15) is 10.3 Å². The molecule has 0 aliphatic rings. The average molecular weight is 374 g/mol. The number of aromatic nitrogens is 2. The summed E-state index contributed by atoms with van der Waals surface area (Å²) >= 11 is 11.0. The Labute approximate surface area is 135 Å². The Morgan fingerprint density at radius 1 is 1.40 bits per heavy atom. The lowest BCUT2D eigenvalue weighted by Crippen LogP contribution is -2.16. The Kier molecular flexibility index (Phi) is 5.29. The van der Waals surface area contributed by atoms with Gasteiger partial charge < -0.3 is 4.98 Å². The van der Waals surface area contributed by atoms with E-state index in [-0.39, 0.29) is 11.5 Å². The number of H-pyrrole nitrogens is 1. The number of nitrogens with zero attached hydrogens (tertiary/aromatic N) is 1. The molecule has 1 aromatic heterocycles. The smallest absolute Gasteiger partial charge is 0.265 e. The largest absolute Gasteiger partial charge is 0.309 e. The van der Waals surface area contributed by atoms with Gasteiger partial charge in [0.15, 0.2) is 0 Å². The van der Waals surface area contributed by atoms with Gasteiger partial charge in [-0.05, 0) is 34.0 Å². The highest BCUT2D eigenvalue weighted by Crippen LogP contribution is 2.29. The van der Waals surface area contributed by atoms with Gasteiger partial charge in [0, 0.05) is 4.90 Å². The third-order valence-corrected chi connectivity index (χ3v) is 4.98. The number of nitrogens with one attached hydrogen (secondary N) is 1. The van der Waals surface area contributed by atoms with Gasteiger partial charge in [-0.1, -0.05) is 37.6 Å². The van der Waals surface area contributed by atoms with E-state index in [1.54, 1.807) is 11.8 Å². The molecule has 0 aliphatic heterocycles. The van der Waals surface area contributed by atoms with Crippen molar-refractivity contribution in [2.75, 3.05) is 0 Å². The van der Waals surface area contributed by atoms with Crippen molar-refractivity contribution in [1.29, 1.82) is 0 Å². The molecule has 0 spiro atoms. The zero-order valence-electron chi connectivity index (χ0n) is 11.1. The van der Waals surface area contributed by atoms with Crippen LogP contribution in [0.15, 0.2) is 38.4 Å². The van der Waals surface area contributed by atoms with Crippen molar-refractivity contribution in [2.24, 2.45) is 0 Å². The second kappa shape index (κ2) is 6.78. The first-order chi connectivity index (χ1) is 9.49. The molecule has 106 valence electrons. The fourth-order valence-corrected chi connectivity index (χ4v) is 3.44. The van der Waals surface area contributed by atoms with Crippen LogP contribution < -0.4 is 5.56 Å². The van der Waals surface area contributed by atoms with Crippen LogP contribution in [0.5, 0.6) is 0 Å². The van der Waals surface area contributed by atoms with Crippen LogP contribution in [-0.4, -0.2) is 9.97 Å². The van der Waals surface area contributed by atoms with Crippen LogP contribution in [-0.2, 0) is 5.75 Å². The molecule has 0 bridgehead atoms. The van der Waals surface area contributed by atoms with Crippen LogP contribution in [0.1, 0.15) is 31.3 Å². The van der Waals surface area contributed by atoms with Gasteiger partial charge in [-0.15, -0.1) is 11.8 Å². The monoisotopic (exact) mass is 372 g/mol. The molecule has 2 aromatic rings. The highest BCUT2D eigenvalue weighted by atomic mass is 79.9. The first-order valence-corrected chi connectivity index (χ1v) is 8.30. The van der Waals surface area contributed by atoms with Crippen LogP contribution in [0.3, 0.4) is 0 Å². The molecule has 0 radical (unpaired) electrons. The first kappa shape index (κ1) is 15.6. The third kappa shape index (κ3) is 3.65. The minimum atomic E-state index is -0.140. The molecule has 0 unspecified atom stereocenters. The fraction of sp³-hybridized carbons (Fsp3) is 0.286. The van der Waals surface area contributed by atoms with Crippen LogP contribution in [0.2, 0.25) is 5.02 Å². The summed E-state index contributed by atoms with van der Waals surface area (Å²) in [5.74, 6) is 1.42. The quantitative estimate of drug-likeness (QED) is 0.797. The summed E-state index contributed by atoms with van der Waals surface area (Å²) in [6.45, 7) is 4.02. The lowest BCUT2D eigenvalue weighted by molar-refractivity contribution is 0.784. The van der Waals surface area contributed by atoms with Gasteiger partial charge in [-0.25, -0.2) is 4.98 Å². The fourth-order valence-electron chi connectivity index (χ4n) is 1.68. The van der Waals surface area contributed by atoms with E-state index in [0.717, 1.165) is 10.6 Å². The van der Waals surface area contributed by atoms with Crippen LogP contribution in [0.25, 0.3) is 0 Å². The molecule has 2 rings (SSSR count). The zero-order valence-corrected chi connectivity index (χ0v) is 14.3. The van der Waals surface area contributed by atoms with Crippen LogP contribution in [0, 0.1) is 0 Å². The summed E-state index contributed by atoms with van der Waals surface area (Å²) in [7, 11) is 0. The van der Waals surface area contributed by atoms with Crippen molar-refractivity contribution < 1.29 is 0 Å². The predicted octanol–water partition coefficient (Wildman–Crippen LogP) is 4.60. The average Bonchev–Trinajstić information content (AvgIpc) is 2.41. The van der Waals surface area contributed by atoms with Gasteiger partial charge in [0.25, 0.3) is 5.56 Å². The van der Waals surface area contributed by atoms with Crippen molar-refractivity contribution in [3.05, 3.63) is 55.6 Å². The molecule has 1 N–H and O–H groups in total.